The minimum atomic E-state index is 0.0971. The number of likely N-dealkylation sites (N-methyl/N-ethyl adjacent to an activating group) is 1. The van der Waals surface area contributed by atoms with Gasteiger partial charge in [0.2, 0.25) is 0 Å². The predicted octanol–water partition coefficient (Wildman–Crippen LogP) is 4.47. The Morgan fingerprint density at radius 3 is 2.35 bits per heavy atom. The van der Waals surface area contributed by atoms with Gasteiger partial charge in [-0.25, -0.2) is 5.01 Å². The van der Waals surface area contributed by atoms with Gasteiger partial charge in [0, 0.05) is 16.6 Å². The van der Waals surface area contributed by atoms with Gasteiger partial charge in [-0.3, -0.25) is 5.84 Å². The highest BCUT2D eigenvalue weighted by Gasteiger charge is 2.17. The van der Waals surface area contributed by atoms with Crippen LogP contribution in [0.4, 0.5) is 0 Å². The number of rotatable bonds is 5. The molecule has 0 fully saturated rings. The Morgan fingerprint density at radius 1 is 1.05 bits per heavy atom. The van der Waals surface area contributed by atoms with E-state index in [0.29, 0.717) is 0 Å². The van der Waals surface area contributed by atoms with Crippen molar-refractivity contribution in [2.24, 2.45) is 5.84 Å². The van der Waals surface area contributed by atoms with Gasteiger partial charge < -0.3 is 0 Å². The maximum atomic E-state index is 6.14. The molecule has 0 bridgehead atoms. The van der Waals surface area contributed by atoms with Crippen molar-refractivity contribution >= 4 is 23.2 Å². The standard InChI is InChI=1S/C16H18Cl2N2/c1-2-20(19)16(13-4-3-5-15(18)11-13)10-12-6-8-14(17)9-7-12/h3-9,11,16H,2,10,19H2,1H3. The third kappa shape index (κ3) is 3.97. The third-order valence-corrected chi connectivity index (χ3v) is 3.83. The molecule has 1 unspecified atom stereocenters. The van der Waals surface area contributed by atoms with Crippen molar-refractivity contribution in [2.75, 3.05) is 6.54 Å². The second kappa shape index (κ2) is 7.09. The summed E-state index contributed by atoms with van der Waals surface area (Å²) in [4.78, 5) is 0. The molecule has 2 rings (SSSR count). The fraction of sp³-hybridized carbons (Fsp3) is 0.250. The average molecular weight is 309 g/mol. The molecular formula is C16H18Cl2N2. The van der Waals surface area contributed by atoms with Crippen LogP contribution in [-0.4, -0.2) is 11.6 Å². The Morgan fingerprint density at radius 2 is 1.75 bits per heavy atom. The molecule has 2 N–H and O–H groups in total. The summed E-state index contributed by atoms with van der Waals surface area (Å²) < 4.78 is 0. The molecule has 0 spiro atoms. The summed E-state index contributed by atoms with van der Waals surface area (Å²) in [6.07, 6.45) is 0.821. The zero-order valence-electron chi connectivity index (χ0n) is 11.4. The van der Waals surface area contributed by atoms with Gasteiger partial charge in [0.15, 0.2) is 0 Å². The van der Waals surface area contributed by atoms with Gasteiger partial charge in [-0.15, -0.1) is 0 Å². The second-order valence-corrected chi connectivity index (χ2v) is 5.60. The van der Waals surface area contributed by atoms with Crippen molar-refractivity contribution in [3.63, 3.8) is 0 Å². The molecule has 0 aliphatic rings. The van der Waals surface area contributed by atoms with Gasteiger partial charge in [0.25, 0.3) is 0 Å². The van der Waals surface area contributed by atoms with E-state index in [1.807, 2.05) is 54.4 Å². The van der Waals surface area contributed by atoms with E-state index in [1.54, 1.807) is 0 Å². The molecule has 106 valence electrons. The molecule has 0 amide bonds. The topological polar surface area (TPSA) is 29.3 Å². The van der Waals surface area contributed by atoms with E-state index in [1.165, 1.54) is 5.56 Å². The van der Waals surface area contributed by atoms with Crippen molar-refractivity contribution in [1.29, 1.82) is 0 Å². The van der Waals surface area contributed by atoms with Crippen LogP contribution in [0.25, 0.3) is 0 Å². The van der Waals surface area contributed by atoms with Crippen LogP contribution >= 0.6 is 23.2 Å². The highest BCUT2D eigenvalue weighted by molar-refractivity contribution is 6.30. The van der Waals surface area contributed by atoms with E-state index in [9.17, 15) is 0 Å². The Kier molecular flexibility index (Phi) is 5.44. The number of hydrazine groups is 1. The molecule has 0 saturated heterocycles. The summed E-state index contributed by atoms with van der Waals surface area (Å²) in [5.74, 6) is 6.14. The molecule has 2 aromatic carbocycles. The molecule has 2 aromatic rings. The summed E-state index contributed by atoms with van der Waals surface area (Å²) in [5.41, 5.74) is 2.32. The van der Waals surface area contributed by atoms with Gasteiger partial charge in [0.1, 0.15) is 0 Å². The van der Waals surface area contributed by atoms with Crippen LogP contribution in [-0.2, 0) is 6.42 Å². The van der Waals surface area contributed by atoms with E-state index in [2.05, 4.69) is 6.07 Å². The first-order chi connectivity index (χ1) is 9.60. The molecule has 0 radical (unpaired) electrons. The normalized spacial score (nSPS) is 12.7. The van der Waals surface area contributed by atoms with Crippen molar-refractivity contribution < 1.29 is 0 Å². The number of hydrogen-bond donors (Lipinski definition) is 1. The smallest absolute Gasteiger partial charge is 0.0531 e. The van der Waals surface area contributed by atoms with Crippen molar-refractivity contribution in [1.82, 2.24) is 5.01 Å². The van der Waals surface area contributed by atoms with E-state index in [-0.39, 0.29) is 6.04 Å². The zero-order valence-corrected chi connectivity index (χ0v) is 12.9. The molecule has 0 saturated carbocycles. The van der Waals surface area contributed by atoms with Crippen LogP contribution in [0.2, 0.25) is 10.0 Å². The molecule has 0 aliphatic heterocycles. The summed E-state index contributed by atoms with van der Waals surface area (Å²) in [7, 11) is 0. The van der Waals surface area contributed by atoms with E-state index in [4.69, 9.17) is 29.0 Å². The first-order valence-corrected chi connectivity index (χ1v) is 7.37. The minimum Gasteiger partial charge on any atom is -0.268 e. The van der Waals surface area contributed by atoms with Gasteiger partial charge in [-0.1, -0.05) is 54.4 Å². The highest BCUT2D eigenvalue weighted by atomic mass is 35.5. The lowest BCUT2D eigenvalue weighted by molar-refractivity contribution is 0.211. The predicted molar refractivity (Wildman–Crippen MR) is 85.9 cm³/mol. The summed E-state index contributed by atoms with van der Waals surface area (Å²) in [6, 6.07) is 15.8. The average Bonchev–Trinajstić information content (AvgIpc) is 2.46. The third-order valence-electron chi connectivity index (χ3n) is 3.34. The van der Waals surface area contributed by atoms with Gasteiger partial charge >= 0.3 is 0 Å². The van der Waals surface area contributed by atoms with Crippen molar-refractivity contribution in [2.45, 2.75) is 19.4 Å². The fourth-order valence-electron chi connectivity index (χ4n) is 2.20. The number of nitrogens with zero attached hydrogens (tertiary/aromatic N) is 1. The van der Waals surface area contributed by atoms with Gasteiger partial charge in [-0.2, -0.15) is 0 Å². The number of benzene rings is 2. The Hall–Kier alpha value is -1.06. The Bertz CT molecular complexity index is 555. The molecule has 1 atom stereocenters. The molecule has 4 heteroatoms. The Labute approximate surface area is 130 Å². The monoisotopic (exact) mass is 308 g/mol. The van der Waals surface area contributed by atoms with Gasteiger partial charge in [-0.05, 0) is 41.8 Å². The summed E-state index contributed by atoms with van der Waals surface area (Å²) in [6.45, 7) is 2.81. The maximum Gasteiger partial charge on any atom is 0.0531 e. The molecule has 2 nitrogen and oxygen atoms in total. The molecule has 0 aliphatic carbocycles. The second-order valence-electron chi connectivity index (χ2n) is 4.73. The van der Waals surface area contributed by atoms with Crippen molar-refractivity contribution in [3.8, 4) is 0 Å². The number of hydrogen-bond acceptors (Lipinski definition) is 2. The summed E-state index contributed by atoms with van der Waals surface area (Å²) >= 11 is 12.0. The maximum absolute atomic E-state index is 6.14. The van der Waals surface area contributed by atoms with Crippen LogP contribution in [0.5, 0.6) is 0 Å². The largest absolute Gasteiger partial charge is 0.268 e. The van der Waals surface area contributed by atoms with E-state index in [0.717, 1.165) is 28.6 Å². The number of halogens is 2. The Balaban J connectivity index is 2.26. The minimum absolute atomic E-state index is 0.0971. The summed E-state index contributed by atoms with van der Waals surface area (Å²) in [5, 5.41) is 3.31. The highest BCUT2D eigenvalue weighted by Crippen LogP contribution is 2.25. The lowest BCUT2D eigenvalue weighted by atomic mass is 9.98. The van der Waals surface area contributed by atoms with Crippen molar-refractivity contribution in [3.05, 3.63) is 69.7 Å². The van der Waals surface area contributed by atoms with Gasteiger partial charge in [0.05, 0.1) is 6.04 Å². The quantitative estimate of drug-likeness (QED) is 0.652. The van der Waals surface area contributed by atoms with E-state index >= 15 is 0 Å². The van der Waals surface area contributed by atoms with Crippen LogP contribution in [0.3, 0.4) is 0 Å². The molecule has 20 heavy (non-hydrogen) atoms. The lowest BCUT2D eigenvalue weighted by Crippen LogP contribution is -2.36. The number of nitrogens with two attached hydrogens (primary N) is 1. The van der Waals surface area contributed by atoms with Crippen LogP contribution in [0.15, 0.2) is 48.5 Å². The van der Waals surface area contributed by atoms with Crippen LogP contribution < -0.4 is 5.84 Å². The fourth-order valence-corrected chi connectivity index (χ4v) is 2.53. The first kappa shape index (κ1) is 15.3. The molecular weight excluding hydrogens is 291 g/mol. The molecule has 0 heterocycles. The van der Waals surface area contributed by atoms with Crippen LogP contribution in [0.1, 0.15) is 24.1 Å². The van der Waals surface area contributed by atoms with Crippen LogP contribution in [0, 0.1) is 0 Å². The lowest BCUT2D eigenvalue weighted by Gasteiger charge is -2.27. The zero-order chi connectivity index (χ0) is 14.5. The van der Waals surface area contributed by atoms with E-state index < -0.39 is 0 Å². The molecule has 0 aromatic heterocycles. The SMILES string of the molecule is CCN(N)C(Cc1ccc(Cl)cc1)c1cccc(Cl)c1. The first-order valence-electron chi connectivity index (χ1n) is 6.61.